The van der Waals surface area contributed by atoms with Crippen LogP contribution in [0.4, 0.5) is 11.6 Å². The topological polar surface area (TPSA) is 93.5 Å². The first-order valence-corrected chi connectivity index (χ1v) is 10.1. The predicted molar refractivity (Wildman–Crippen MR) is 115 cm³/mol. The molecule has 0 bridgehead atoms. The fourth-order valence-electron chi connectivity index (χ4n) is 4.07. The van der Waals surface area contributed by atoms with Crippen LogP contribution in [0.2, 0.25) is 0 Å². The van der Waals surface area contributed by atoms with Crippen LogP contribution in [0, 0.1) is 11.3 Å². The zero-order valence-electron chi connectivity index (χ0n) is 16.4. The average molecular weight is 395 g/mol. The third kappa shape index (κ3) is 3.73. The number of aromatic amines is 1. The fraction of sp³-hybridized carbons (Fsp3) is 0.217. The first-order valence-electron chi connectivity index (χ1n) is 10.1. The number of hydrogen-bond acceptors (Lipinski definition) is 6. The van der Waals surface area contributed by atoms with Crippen molar-refractivity contribution in [3.05, 3.63) is 78.0 Å². The molecule has 0 saturated carbocycles. The molecule has 0 amide bonds. The Bertz CT molecular complexity index is 1170. The molecule has 1 aliphatic rings. The molecule has 0 spiro atoms. The largest absolute Gasteiger partial charge is 0.357 e. The zero-order chi connectivity index (χ0) is 20.3. The number of anilines is 2. The normalized spacial score (nSPS) is 16.6. The highest BCUT2D eigenvalue weighted by Gasteiger charge is 2.27. The van der Waals surface area contributed by atoms with Gasteiger partial charge in [-0.1, -0.05) is 18.2 Å². The molecule has 1 atom stereocenters. The van der Waals surface area contributed by atoms with Gasteiger partial charge < -0.3 is 10.3 Å². The quantitative estimate of drug-likeness (QED) is 0.523. The Kier molecular flexibility index (Phi) is 4.83. The monoisotopic (exact) mass is 395 g/mol. The highest BCUT2D eigenvalue weighted by molar-refractivity contribution is 5.80. The number of nitrogens with one attached hydrogen (secondary N) is 2. The average Bonchev–Trinajstić information content (AvgIpc) is 3.41. The van der Waals surface area contributed by atoms with Crippen LogP contribution in [-0.4, -0.2) is 31.4 Å². The molecule has 1 saturated heterocycles. The van der Waals surface area contributed by atoms with E-state index in [0.29, 0.717) is 11.6 Å². The van der Waals surface area contributed by atoms with E-state index < -0.39 is 0 Å². The van der Waals surface area contributed by atoms with Crippen molar-refractivity contribution in [2.75, 3.05) is 11.9 Å². The highest BCUT2D eigenvalue weighted by Crippen LogP contribution is 2.33. The summed E-state index contributed by atoms with van der Waals surface area (Å²) in [5.41, 5.74) is 4.55. The van der Waals surface area contributed by atoms with Crippen molar-refractivity contribution in [3.8, 4) is 6.07 Å². The molecule has 30 heavy (non-hydrogen) atoms. The van der Waals surface area contributed by atoms with Gasteiger partial charge in [-0.15, -0.1) is 0 Å². The molecule has 7 heteroatoms. The van der Waals surface area contributed by atoms with Crippen molar-refractivity contribution in [3.63, 3.8) is 0 Å². The van der Waals surface area contributed by atoms with Gasteiger partial charge in [0.05, 0.1) is 23.6 Å². The van der Waals surface area contributed by atoms with E-state index in [9.17, 15) is 0 Å². The maximum absolute atomic E-state index is 8.88. The van der Waals surface area contributed by atoms with Gasteiger partial charge in [-0.3, -0.25) is 4.90 Å². The van der Waals surface area contributed by atoms with Gasteiger partial charge in [-0.25, -0.2) is 15.0 Å². The molecule has 1 aromatic carbocycles. The van der Waals surface area contributed by atoms with Crippen LogP contribution in [0.5, 0.6) is 0 Å². The second-order valence-corrected chi connectivity index (χ2v) is 7.48. The molecule has 4 aromatic rings. The summed E-state index contributed by atoms with van der Waals surface area (Å²) in [5, 5.41) is 13.3. The number of rotatable bonds is 5. The molecule has 148 valence electrons. The first-order chi connectivity index (χ1) is 14.8. The summed E-state index contributed by atoms with van der Waals surface area (Å²) < 4.78 is 0. The van der Waals surface area contributed by atoms with E-state index in [-0.39, 0.29) is 6.04 Å². The van der Waals surface area contributed by atoms with E-state index in [1.807, 2.05) is 12.1 Å². The zero-order valence-corrected chi connectivity index (χ0v) is 16.4. The van der Waals surface area contributed by atoms with Crippen molar-refractivity contribution in [1.82, 2.24) is 24.8 Å². The van der Waals surface area contributed by atoms with Crippen LogP contribution in [0.15, 0.2) is 60.9 Å². The summed E-state index contributed by atoms with van der Waals surface area (Å²) in [5.74, 6) is 0.538. The summed E-state index contributed by atoms with van der Waals surface area (Å²) in [6.45, 7) is 1.91. The van der Waals surface area contributed by atoms with Crippen molar-refractivity contribution in [1.29, 1.82) is 5.26 Å². The number of para-hydroxylation sites is 1. The second-order valence-electron chi connectivity index (χ2n) is 7.48. The number of aromatic nitrogens is 4. The summed E-state index contributed by atoms with van der Waals surface area (Å²) in [6, 6.07) is 18.4. The molecule has 1 unspecified atom stereocenters. The minimum atomic E-state index is 0.263. The molecular formula is C23H21N7. The van der Waals surface area contributed by atoms with Gasteiger partial charge >= 0.3 is 0 Å². The Labute approximate surface area is 174 Å². The summed E-state index contributed by atoms with van der Waals surface area (Å²) in [6.07, 6.45) is 5.64. The third-order valence-electron chi connectivity index (χ3n) is 5.48. The summed E-state index contributed by atoms with van der Waals surface area (Å²) in [4.78, 5) is 19.2. The van der Waals surface area contributed by atoms with E-state index in [4.69, 9.17) is 10.2 Å². The third-order valence-corrected chi connectivity index (χ3v) is 5.48. The number of likely N-dealkylation sites (tertiary alicyclic amines) is 1. The molecule has 0 radical (unpaired) electrons. The Morgan fingerprint density at radius 2 is 2.10 bits per heavy atom. The number of nitrogens with zero attached hydrogens (tertiary/aromatic N) is 5. The van der Waals surface area contributed by atoms with Gasteiger partial charge in [-0.2, -0.15) is 5.26 Å². The highest BCUT2D eigenvalue weighted by atomic mass is 15.2. The van der Waals surface area contributed by atoms with Crippen LogP contribution >= 0.6 is 0 Å². The molecule has 2 N–H and O–H groups in total. The first kappa shape index (κ1) is 18.3. The van der Waals surface area contributed by atoms with E-state index >= 15 is 0 Å². The Hall–Kier alpha value is -3.76. The van der Waals surface area contributed by atoms with Gasteiger partial charge in [0.15, 0.2) is 0 Å². The number of fused-ring (bicyclic) bond motifs is 1. The van der Waals surface area contributed by atoms with Crippen LogP contribution < -0.4 is 5.32 Å². The lowest BCUT2D eigenvalue weighted by Gasteiger charge is -2.23. The maximum atomic E-state index is 8.88. The van der Waals surface area contributed by atoms with E-state index in [0.717, 1.165) is 37.3 Å². The summed E-state index contributed by atoms with van der Waals surface area (Å²) in [7, 11) is 0. The number of pyridine rings is 1. The predicted octanol–water partition coefficient (Wildman–Crippen LogP) is 4.31. The van der Waals surface area contributed by atoms with Crippen molar-refractivity contribution in [2.45, 2.75) is 25.4 Å². The lowest BCUT2D eigenvalue weighted by atomic mass is 10.1. The second kappa shape index (κ2) is 7.93. The van der Waals surface area contributed by atoms with Gasteiger partial charge in [0.1, 0.15) is 11.8 Å². The SMILES string of the molecule is N#Cc1ccc(Nc2nccc(C3CCCN3Cc3cc4ccccc4[nH]3)n2)cn1. The van der Waals surface area contributed by atoms with Gasteiger partial charge in [0, 0.05) is 24.0 Å². The molecule has 7 nitrogen and oxygen atoms in total. The molecule has 3 aromatic heterocycles. The number of hydrogen-bond donors (Lipinski definition) is 2. The van der Waals surface area contributed by atoms with Gasteiger partial charge in [-0.05, 0) is 55.1 Å². The van der Waals surface area contributed by atoms with Crippen LogP contribution in [-0.2, 0) is 6.54 Å². The number of nitriles is 1. The van der Waals surface area contributed by atoms with Gasteiger partial charge in [0.2, 0.25) is 5.95 Å². The maximum Gasteiger partial charge on any atom is 0.227 e. The van der Waals surface area contributed by atoms with Crippen LogP contribution in [0.25, 0.3) is 10.9 Å². The van der Waals surface area contributed by atoms with E-state index in [1.54, 1.807) is 24.5 Å². The molecule has 0 aliphatic carbocycles. The Morgan fingerprint density at radius 1 is 1.17 bits per heavy atom. The van der Waals surface area contributed by atoms with Crippen LogP contribution in [0.3, 0.4) is 0 Å². The molecular weight excluding hydrogens is 374 g/mol. The molecule has 1 aliphatic heterocycles. The number of benzene rings is 1. The van der Waals surface area contributed by atoms with Crippen molar-refractivity contribution in [2.24, 2.45) is 0 Å². The lowest BCUT2D eigenvalue weighted by molar-refractivity contribution is 0.242. The van der Waals surface area contributed by atoms with E-state index in [1.165, 1.54) is 16.6 Å². The minimum Gasteiger partial charge on any atom is -0.357 e. The standard InChI is InChI=1S/C23H21N7/c24-13-17-7-8-18(14-26-17)28-23-25-10-9-21(29-23)22-6-3-11-30(22)15-19-12-16-4-1-2-5-20(16)27-19/h1-2,4-5,7-10,12,14,22,27H,3,6,11,15H2,(H,25,28,29). The Balaban J connectivity index is 1.33. The minimum absolute atomic E-state index is 0.263. The summed E-state index contributed by atoms with van der Waals surface area (Å²) >= 11 is 0. The number of H-pyrrole nitrogens is 1. The van der Waals surface area contributed by atoms with Gasteiger partial charge in [0.25, 0.3) is 0 Å². The van der Waals surface area contributed by atoms with Crippen molar-refractivity contribution < 1.29 is 0 Å². The molecule has 4 heterocycles. The van der Waals surface area contributed by atoms with Crippen molar-refractivity contribution >= 4 is 22.5 Å². The fourth-order valence-corrected chi connectivity index (χ4v) is 4.07. The smallest absolute Gasteiger partial charge is 0.227 e. The Morgan fingerprint density at radius 3 is 2.93 bits per heavy atom. The van der Waals surface area contributed by atoms with E-state index in [2.05, 4.69) is 55.5 Å². The molecule has 1 fully saturated rings. The van der Waals surface area contributed by atoms with Crippen LogP contribution in [0.1, 0.15) is 36.0 Å². The lowest BCUT2D eigenvalue weighted by Crippen LogP contribution is -2.23. The molecule has 5 rings (SSSR count).